The second-order valence-electron chi connectivity index (χ2n) is 2.52. The van der Waals surface area contributed by atoms with Crippen molar-refractivity contribution >= 4 is 0 Å². The first-order chi connectivity index (χ1) is 4.34. The van der Waals surface area contributed by atoms with Gasteiger partial charge in [0, 0.05) is 25.8 Å². The summed E-state index contributed by atoms with van der Waals surface area (Å²) in [5.74, 6) is 0. The summed E-state index contributed by atoms with van der Waals surface area (Å²) in [5, 5.41) is 3.29. The molecule has 1 N–H and O–H groups in total. The smallest absolute Gasteiger partial charge is 0.0487 e. The van der Waals surface area contributed by atoms with E-state index in [0.717, 1.165) is 19.8 Å². The van der Waals surface area contributed by atoms with E-state index < -0.39 is 0 Å². The lowest BCUT2D eigenvalue weighted by Gasteiger charge is -2.16. The van der Waals surface area contributed by atoms with Gasteiger partial charge in [-0.15, -0.1) is 6.58 Å². The lowest BCUT2D eigenvalue weighted by Crippen LogP contribution is -2.28. The highest BCUT2D eigenvalue weighted by molar-refractivity contribution is 4.81. The molecule has 1 saturated heterocycles. The quantitative estimate of drug-likeness (QED) is 0.539. The third-order valence-electron chi connectivity index (χ3n) is 1.74. The van der Waals surface area contributed by atoms with Crippen molar-refractivity contribution in [3.8, 4) is 0 Å². The molecule has 0 saturated carbocycles. The molecule has 0 radical (unpaired) electrons. The second-order valence-corrected chi connectivity index (χ2v) is 2.52. The summed E-state index contributed by atoms with van der Waals surface area (Å²) in [7, 11) is 0. The Balaban J connectivity index is 2.30. The lowest BCUT2D eigenvalue weighted by atomic mass is 10.3. The molecule has 52 valence electrons. The zero-order valence-electron chi connectivity index (χ0n) is 5.93. The maximum absolute atomic E-state index is 3.69. The van der Waals surface area contributed by atoms with Crippen molar-refractivity contribution < 1.29 is 0 Å². The molecule has 0 aromatic heterocycles. The van der Waals surface area contributed by atoms with Crippen LogP contribution in [-0.2, 0) is 0 Å². The van der Waals surface area contributed by atoms with E-state index in [-0.39, 0.29) is 0 Å². The van der Waals surface area contributed by atoms with E-state index in [4.69, 9.17) is 0 Å². The fourth-order valence-corrected chi connectivity index (χ4v) is 1.11. The van der Waals surface area contributed by atoms with Gasteiger partial charge in [0.2, 0.25) is 0 Å². The number of nitrogens with zero attached hydrogens (tertiary/aromatic N) is 1. The Morgan fingerprint density at radius 3 is 3.11 bits per heavy atom. The van der Waals surface area contributed by atoms with Gasteiger partial charge in [0.05, 0.1) is 0 Å². The summed E-state index contributed by atoms with van der Waals surface area (Å²) in [6.45, 7) is 9.06. The average Bonchev–Trinajstić information content (AvgIpc) is 2.18. The average molecular weight is 126 g/mol. The van der Waals surface area contributed by atoms with Crippen molar-refractivity contribution in [2.75, 3.05) is 19.8 Å². The van der Waals surface area contributed by atoms with Crippen LogP contribution in [0, 0.1) is 0 Å². The van der Waals surface area contributed by atoms with Gasteiger partial charge < -0.3 is 5.32 Å². The highest BCUT2D eigenvalue weighted by Gasteiger charge is 2.16. The Morgan fingerprint density at radius 2 is 2.67 bits per heavy atom. The van der Waals surface area contributed by atoms with Gasteiger partial charge in [0.25, 0.3) is 0 Å². The Hall–Kier alpha value is -0.340. The maximum atomic E-state index is 3.69. The molecule has 0 amide bonds. The Kier molecular flexibility index (Phi) is 2.25. The van der Waals surface area contributed by atoms with E-state index >= 15 is 0 Å². The van der Waals surface area contributed by atoms with Crippen LogP contribution in [0.15, 0.2) is 12.7 Å². The molecule has 1 heterocycles. The van der Waals surface area contributed by atoms with Crippen LogP contribution in [0.25, 0.3) is 0 Å². The van der Waals surface area contributed by atoms with Gasteiger partial charge >= 0.3 is 0 Å². The minimum absolute atomic E-state index is 0.683. The number of rotatable bonds is 2. The normalized spacial score (nSPS) is 28.8. The van der Waals surface area contributed by atoms with Gasteiger partial charge in [-0.1, -0.05) is 6.08 Å². The molecule has 0 aliphatic carbocycles. The van der Waals surface area contributed by atoms with Crippen LogP contribution in [0.5, 0.6) is 0 Å². The van der Waals surface area contributed by atoms with Crippen LogP contribution in [-0.4, -0.2) is 30.7 Å². The molecule has 1 atom stereocenters. The van der Waals surface area contributed by atoms with E-state index in [0.29, 0.717) is 6.04 Å². The molecule has 9 heavy (non-hydrogen) atoms. The predicted octanol–water partition coefficient (Wildman–Crippen LogP) is 0.424. The summed E-state index contributed by atoms with van der Waals surface area (Å²) in [6, 6.07) is 0.683. The summed E-state index contributed by atoms with van der Waals surface area (Å²) in [4.78, 5) is 2.35. The van der Waals surface area contributed by atoms with E-state index in [1.165, 1.54) is 0 Å². The molecule has 0 bridgehead atoms. The van der Waals surface area contributed by atoms with Crippen molar-refractivity contribution in [3.63, 3.8) is 0 Å². The van der Waals surface area contributed by atoms with E-state index in [1.807, 2.05) is 6.08 Å². The maximum Gasteiger partial charge on any atom is 0.0487 e. The molecule has 1 rings (SSSR count). The van der Waals surface area contributed by atoms with Gasteiger partial charge in [0.1, 0.15) is 0 Å². The molecular weight excluding hydrogens is 112 g/mol. The van der Waals surface area contributed by atoms with Gasteiger partial charge in [0.15, 0.2) is 0 Å². The van der Waals surface area contributed by atoms with Crippen molar-refractivity contribution in [1.29, 1.82) is 0 Å². The molecule has 0 unspecified atom stereocenters. The highest BCUT2D eigenvalue weighted by Crippen LogP contribution is 2.01. The van der Waals surface area contributed by atoms with Crippen molar-refractivity contribution in [2.24, 2.45) is 0 Å². The zero-order valence-corrected chi connectivity index (χ0v) is 5.93. The standard InChI is InChI=1S/C7H14N2/c1-3-4-9-6-8-5-7(9)2/h3,7-8H,1,4-6H2,2H3/t7-/m1/s1. The van der Waals surface area contributed by atoms with Crippen LogP contribution in [0.3, 0.4) is 0 Å². The second kappa shape index (κ2) is 2.99. The lowest BCUT2D eigenvalue weighted by molar-refractivity contribution is 0.301. The molecule has 1 fully saturated rings. The molecule has 0 spiro atoms. The number of hydrogen-bond donors (Lipinski definition) is 1. The molecule has 2 heteroatoms. The van der Waals surface area contributed by atoms with Crippen molar-refractivity contribution in [3.05, 3.63) is 12.7 Å². The minimum atomic E-state index is 0.683. The Labute approximate surface area is 56.5 Å². The summed E-state index contributed by atoms with van der Waals surface area (Å²) in [6.07, 6.45) is 1.95. The summed E-state index contributed by atoms with van der Waals surface area (Å²) >= 11 is 0. The Morgan fingerprint density at radius 1 is 1.89 bits per heavy atom. The van der Waals surface area contributed by atoms with Gasteiger partial charge in [-0.2, -0.15) is 0 Å². The molecule has 1 aliphatic heterocycles. The number of hydrogen-bond acceptors (Lipinski definition) is 2. The van der Waals surface area contributed by atoms with Crippen LogP contribution < -0.4 is 5.32 Å². The third kappa shape index (κ3) is 1.53. The minimum Gasteiger partial charge on any atom is -0.303 e. The third-order valence-corrected chi connectivity index (χ3v) is 1.74. The van der Waals surface area contributed by atoms with Crippen LogP contribution in [0.2, 0.25) is 0 Å². The van der Waals surface area contributed by atoms with E-state index in [2.05, 4.69) is 23.7 Å². The van der Waals surface area contributed by atoms with Crippen molar-refractivity contribution in [1.82, 2.24) is 10.2 Å². The molecule has 0 aromatic carbocycles. The topological polar surface area (TPSA) is 15.3 Å². The number of nitrogens with one attached hydrogen (secondary N) is 1. The van der Waals surface area contributed by atoms with E-state index in [9.17, 15) is 0 Å². The first-order valence-electron chi connectivity index (χ1n) is 3.40. The van der Waals surface area contributed by atoms with Gasteiger partial charge in [-0.25, -0.2) is 0 Å². The molecule has 0 aromatic rings. The van der Waals surface area contributed by atoms with Crippen molar-refractivity contribution in [2.45, 2.75) is 13.0 Å². The first kappa shape index (κ1) is 6.78. The zero-order chi connectivity index (χ0) is 6.69. The fourth-order valence-electron chi connectivity index (χ4n) is 1.11. The summed E-state index contributed by atoms with van der Waals surface area (Å²) < 4.78 is 0. The summed E-state index contributed by atoms with van der Waals surface area (Å²) in [5.41, 5.74) is 0. The van der Waals surface area contributed by atoms with Crippen LogP contribution in [0.4, 0.5) is 0 Å². The highest BCUT2D eigenvalue weighted by atomic mass is 15.3. The van der Waals surface area contributed by atoms with Crippen LogP contribution in [0.1, 0.15) is 6.92 Å². The molecule has 1 aliphatic rings. The molecular formula is C7H14N2. The molecule has 2 nitrogen and oxygen atoms in total. The van der Waals surface area contributed by atoms with Crippen LogP contribution >= 0.6 is 0 Å². The largest absolute Gasteiger partial charge is 0.303 e. The SMILES string of the molecule is C=CCN1CNC[C@H]1C. The predicted molar refractivity (Wildman–Crippen MR) is 39.2 cm³/mol. The van der Waals surface area contributed by atoms with Gasteiger partial charge in [-0.3, -0.25) is 4.90 Å². The fraction of sp³-hybridized carbons (Fsp3) is 0.714. The van der Waals surface area contributed by atoms with E-state index in [1.54, 1.807) is 0 Å². The van der Waals surface area contributed by atoms with Gasteiger partial charge in [-0.05, 0) is 6.92 Å². The first-order valence-corrected chi connectivity index (χ1v) is 3.40. The monoisotopic (exact) mass is 126 g/mol. The Bertz CT molecular complexity index is 101.